The predicted octanol–water partition coefficient (Wildman–Crippen LogP) is 4.46. The van der Waals surface area contributed by atoms with Crippen LogP contribution in [-0.4, -0.2) is 4.98 Å². The molecule has 0 saturated heterocycles. The van der Waals surface area contributed by atoms with E-state index in [-0.39, 0.29) is 0 Å². The summed E-state index contributed by atoms with van der Waals surface area (Å²) in [6.45, 7) is 2.06. The van der Waals surface area contributed by atoms with E-state index in [4.69, 9.17) is 16.0 Å². The minimum Gasteiger partial charge on any atom is -0.454 e. The van der Waals surface area contributed by atoms with E-state index in [9.17, 15) is 0 Å². The summed E-state index contributed by atoms with van der Waals surface area (Å²) in [5.41, 5.74) is 2.84. The van der Waals surface area contributed by atoms with Gasteiger partial charge in [-0.05, 0) is 37.3 Å². The molecule has 0 aliphatic rings. The Kier molecular flexibility index (Phi) is 2.37. The fourth-order valence-corrected chi connectivity index (χ4v) is 2.00. The summed E-state index contributed by atoms with van der Waals surface area (Å²) >= 11 is 5.87. The van der Waals surface area contributed by atoms with E-state index in [1.165, 1.54) is 5.56 Å². The van der Waals surface area contributed by atoms with Crippen molar-refractivity contribution in [3.05, 3.63) is 53.2 Å². The maximum atomic E-state index is 5.87. The molecule has 2 heterocycles. The van der Waals surface area contributed by atoms with Crippen LogP contribution in [0.15, 0.2) is 46.9 Å². The van der Waals surface area contributed by atoms with Gasteiger partial charge in [0.25, 0.3) is 0 Å². The van der Waals surface area contributed by atoms with Gasteiger partial charge in [-0.1, -0.05) is 29.3 Å². The molecule has 0 amide bonds. The zero-order chi connectivity index (χ0) is 11.8. The lowest BCUT2D eigenvalue weighted by Gasteiger charge is -1.95. The van der Waals surface area contributed by atoms with Crippen LogP contribution < -0.4 is 0 Å². The van der Waals surface area contributed by atoms with Crippen molar-refractivity contribution in [2.45, 2.75) is 6.92 Å². The molecule has 2 nitrogen and oxygen atoms in total. The molecule has 3 aromatic rings. The topological polar surface area (TPSA) is 26.0 Å². The Labute approximate surface area is 104 Å². The molecule has 0 radical (unpaired) electrons. The Morgan fingerprint density at radius 1 is 1.12 bits per heavy atom. The summed E-state index contributed by atoms with van der Waals surface area (Å²) in [7, 11) is 0. The smallest absolute Gasteiger partial charge is 0.153 e. The fraction of sp³-hybridized carbons (Fsp3) is 0.0714. The summed E-state index contributed by atoms with van der Waals surface area (Å²) in [5, 5.41) is 1.56. The Morgan fingerprint density at radius 2 is 2.00 bits per heavy atom. The Morgan fingerprint density at radius 3 is 2.82 bits per heavy atom. The lowest BCUT2D eigenvalue weighted by molar-refractivity contribution is 0.628. The lowest BCUT2D eigenvalue weighted by atomic mass is 10.2. The monoisotopic (exact) mass is 243 g/mol. The van der Waals surface area contributed by atoms with E-state index in [0.717, 1.165) is 22.4 Å². The van der Waals surface area contributed by atoms with Gasteiger partial charge in [0.05, 0.1) is 0 Å². The number of furan rings is 1. The first-order chi connectivity index (χ1) is 8.22. The highest BCUT2D eigenvalue weighted by Gasteiger charge is 2.07. The molecule has 0 spiro atoms. The second-order valence-corrected chi connectivity index (χ2v) is 4.38. The fourth-order valence-electron chi connectivity index (χ4n) is 1.83. The number of benzene rings is 1. The standard InChI is InChI=1S/C14H10ClNO/c1-9-5-6-12-10(7-9)8-13(17-12)11-3-2-4-14(15)16-11/h2-8H,1H3. The highest BCUT2D eigenvalue weighted by molar-refractivity contribution is 6.29. The van der Waals surface area contributed by atoms with Crippen molar-refractivity contribution >= 4 is 22.6 Å². The highest BCUT2D eigenvalue weighted by Crippen LogP contribution is 2.27. The third-order valence-electron chi connectivity index (χ3n) is 2.64. The quantitative estimate of drug-likeness (QED) is 0.590. The van der Waals surface area contributed by atoms with E-state index in [2.05, 4.69) is 18.0 Å². The minimum atomic E-state index is 0.471. The van der Waals surface area contributed by atoms with Crippen molar-refractivity contribution < 1.29 is 4.42 Å². The molecule has 1 aromatic carbocycles. The van der Waals surface area contributed by atoms with E-state index in [1.54, 1.807) is 6.07 Å². The number of aromatic nitrogens is 1. The van der Waals surface area contributed by atoms with Crippen molar-refractivity contribution in [3.8, 4) is 11.5 Å². The van der Waals surface area contributed by atoms with Crippen LogP contribution in [0.5, 0.6) is 0 Å². The maximum absolute atomic E-state index is 5.87. The third-order valence-corrected chi connectivity index (χ3v) is 2.85. The van der Waals surface area contributed by atoms with Crippen molar-refractivity contribution in [1.29, 1.82) is 0 Å². The Hall–Kier alpha value is -1.80. The lowest BCUT2D eigenvalue weighted by Crippen LogP contribution is -1.79. The van der Waals surface area contributed by atoms with Gasteiger partial charge in [0.2, 0.25) is 0 Å². The molecule has 0 unspecified atom stereocenters. The molecule has 0 N–H and O–H groups in total. The largest absolute Gasteiger partial charge is 0.454 e. The van der Waals surface area contributed by atoms with Gasteiger partial charge in [0.1, 0.15) is 16.4 Å². The van der Waals surface area contributed by atoms with Crippen LogP contribution in [0.2, 0.25) is 5.15 Å². The van der Waals surface area contributed by atoms with E-state index < -0.39 is 0 Å². The molecule has 0 fully saturated rings. The molecule has 84 valence electrons. The molecular formula is C14H10ClNO. The van der Waals surface area contributed by atoms with Gasteiger partial charge in [0.15, 0.2) is 5.76 Å². The molecule has 0 atom stereocenters. The normalized spacial score (nSPS) is 10.9. The predicted molar refractivity (Wildman–Crippen MR) is 69.2 cm³/mol. The molecule has 17 heavy (non-hydrogen) atoms. The third kappa shape index (κ3) is 1.92. The SMILES string of the molecule is Cc1ccc2oc(-c3cccc(Cl)n3)cc2c1. The van der Waals surface area contributed by atoms with Gasteiger partial charge in [-0.25, -0.2) is 4.98 Å². The van der Waals surface area contributed by atoms with Crippen LogP contribution in [0.25, 0.3) is 22.4 Å². The summed E-state index contributed by atoms with van der Waals surface area (Å²) in [6.07, 6.45) is 0. The van der Waals surface area contributed by atoms with Gasteiger partial charge in [-0.3, -0.25) is 0 Å². The molecule has 3 heteroatoms. The van der Waals surface area contributed by atoms with Crippen LogP contribution in [0.4, 0.5) is 0 Å². The van der Waals surface area contributed by atoms with E-state index in [0.29, 0.717) is 5.15 Å². The first-order valence-electron chi connectivity index (χ1n) is 5.35. The molecule has 0 bridgehead atoms. The maximum Gasteiger partial charge on any atom is 0.153 e. The molecule has 0 saturated carbocycles. The van der Waals surface area contributed by atoms with Gasteiger partial charge < -0.3 is 4.42 Å². The first kappa shape index (κ1) is 10.4. The average molecular weight is 244 g/mol. The summed E-state index contributed by atoms with van der Waals surface area (Å²) in [6, 6.07) is 13.6. The molecule has 0 aliphatic carbocycles. The zero-order valence-electron chi connectivity index (χ0n) is 9.27. The van der Waals surface area contributed by atoms with E-state index >= 15 is 0 Å². The Balaban J connectivity index is 2.18. The van der Waals surface area contributed by atoms with Crippen molar-refractivity contribution in [1.82, 2.24) is 4.98 Å². The Bertz CT molecular complexity index is 688. The number of fused-ring (bicyclic) bond motifs is 1. The number of halogens is 1. The van der Waals surface area contributed by atoms with Gasteiger partial charge >= 0.3 is 0 Å². The van der Waals surface area contributed by atoms with Crippen LogP contribution >= 0.6 is 11.6 Å². The summed E-state index contributed by atoms with van der Waals surface area (Å²) in [4.78, 5) is 4.23. The number of pyridine rings is 1. The van der Waals surface area contributed by atoms with Gasteiger partial charge in [-0.2, -0.15) is 0 Å². The first-order valence-corrected chi connectivity index (χ1v) is 5.73. The zero-order valence-corrected chi connectivity index (χ0v) is 10.0. The summed E-state index contributed by atoms with van der Waals surface area (Å²) in [5.74, 6) is 0.744. The van der Waals surface area contributed by atoms with Crippen LogP contribution in [0.3, 0.4) is 0 Å². The number of aryl methyl sites for hydroxylation is 1. The van der Waals surface area contributed by atoms with Crippen molar-refractivity contribution in [3.63, 3.8) is 0 Å². The summed E-state index contributed by atoms with van der Waals surface area (Å²) < 4.78 is 5.74. The van der Waals surface area contributed by atoms with Gasteiger partial charge in [0, 0.05) is 5.39 Å². The minimum absolute atomic E-state index is 0.471. The number of rotatable bonds is 1. The number of hydrogen-bond donors (Lipinski definition) is 0. The van der Waals surface area contributed by atoms with E-state index in [1.807, 2.05) is 30.3 Å². The second-order valence-electron chi connectivity index (χ2n) is 4.00. The molecule has 0 aliphatic heterocycles. The molecule has 2 aromatic heterocycles. The van der Waals surface area contributed by atoms with Crippen LogP contribution in [-0.2, 0) is 0 Å². The molecular weight excluding hydrogens is 234 g/mol. The highest BCUT2D eigenvalue weighted by atomic mass is 35.5. The number of nitrogens with zero attached hydrogens (tertiary/aromatic N) is 1. The van der Waals surface area contributed by atoms with Gasteiger partial charge in [-0.15, -0.1) is 0 Å². The second kappa shape index (κ2) is 3.90. The van der Waals surface area contributed by atoms with Crippen LogP contribution in [0.1, 0.15) is 5.56 Å². The average Bonchev–Trinajstić information content (AvgIpc) is 2.72. The van der Waals surface area contributed by atoms with Crippen molar-refractivity contribution in [2.24, 2.45) is 0 Å². The van der Waals surface area contributed by atoms with Crippen LogP contribution in [0, 0.1) is 6.92 Å². The molecule has 3 rings (SSSR count). The van der Waals surface area contributed by atoms with Crippen molar-refractivity contribution in [2.75, 3.05) is 0 Å². The number of hydrogen-bond acceptors (Lipinski definition) is 2.